The summed E-state index contributed by atoms with van der Waals surface area (Å²) < 4.78 is 69.5. The van der Waals surface area contributed by atoms with E-state index in [1.54, 1.807) is 0 Å². The molecule has 0 aromatic heterocycles. The van der Waals surface area contributed by atoms with Crippen molar-refractivity contribution < 1.29 is 176 Å². The summed E-state index contributed by atoms with van der Waals surface area (Å²) in [6.45, 7) is -13.1. The largest absolute Gasteiger partial charge is 0.482 e. The fourth-order valence-corrected chi connectivity index (χ4v) is 10.0. The molecule has 16 aliphatic carbocycles. The second-order valence-electron chi connectivity index (χ2n) is 21.7. The van der Waals surface area contributed by atoms with Crippen molar-refractivity contribution in [2.45, 2.75) is 38.5 Å². The Morgan fingerprint density at radius 1 is 0.158 bits per heavy atom. The van der Waals surface area contributed by atoms with Gasteiger partial charge in [0, 0.05) is 460 Å². The molecular weight excluding hydrogens is 1640 g/mol. The third-order valence-electron chi connectivity index (χ3n) is 14.0. The number of ether oxygens (including phenoxy) is 12. The summed E-state index contributed by atoms with van der Waals surface area (Å²) in [5.41, 5.74) is -1.27. The SMILES string of the molecule is O=C(O)COc1cc2c(OCC(=O)O)cc1Cc1cc(OCC(=O)O)c(cc1OCC(=O)O)Cc1cc(OCC(=O)O)c(cc1OCC(=O)O)Cc1cc(OCC(=O)O)c(cc1OCC(=O)O)Cc1cc(OCC(=O)O)c(cc1OCC(=O)O)Cc1cc(OCC(=O)O)c(cc1OCC(=O)O)C2.[Na].[Na].[Na].[Na].[Na].[Na].[Na].[Na].[Na].[Na].[Na].[Na]. The van der Waals surface area contributed by atoms with Crippen LogP contribution in [0.5, 0.6) is 69.0 Å². The number of carboxylic acid groups (broad SMARTS) is 12. The minimum Gasteiger partial charge on any atom is -0.482 e. The topological polar surface area (TPSA) is 558 Å². The van der Waals surface area contributed by atoms with E-state index >= 15 is 0 Å². The summed E-state index contributed by atoms with van der Waals surface area (Å²) in [5.74, 6) is -22.7. The van der Waals surface area contributed by atoms with Gasteiger partial charge in [0.05, 0.1) is 0 Å². The van der Waals surface area contributed by atoms with Crippen molar-refractivity contribution in [2.24, 2.45) is 0 Å². The molecule has 12 radical (unpaired) electrons. The van der Waals surface area contributed by atoms with Crippen molar-refractivity contribution in [1.82, 2.24) is 0 Å². The van der Waals surface area contributed by atoms with Crippen LogP contribution in [-0.2, 0) is 96.1 Å². The Kier molecular flexibility index (Phi) is 66.9. The summed E-state index contributed by atoms with van der Waals surface area (Å²) in [5, 5.41) is 119. The van der Waals surface area contributed by atoms with E-state index in [1.807, 2.05) is 0 Å². The van der Waals surface area contributed by atoms with Crippen molar-refractivity contribution in [3.63, 3.8) is 0 Å². The van der Waals surface area contributed by atoms with Crippen LogP contribution in [0.25, 0.3) is 0 Å². The van der Waals surface area contributed by atoms with Gasteiger partial charge in [0.15, 0.2) is 79.3 Å². The Morgan fingerprint density at radius 2 is 0.219 bits per heavy atom. The van der Waals surface area contributed by atoms with Gasteiger partial charge < -0.3 is 118 Å². The molecular formula is C66H60Na12O36. The maximum Gasteiger partial charge on any atom is 0.341 e. The van der Waals surface area contributed by atoms with Gasteiger partial charge in [-0.3, -0.25) is 0 Å². The molecule has 552 valence electrons. The van der Waals surface area contributed by atoms with Crippen LogP contribution in [0.3, 0.4) is 0 Å². The minimum atomic E-state index is -1.55. The predicted molar refractivity (Wildman–Crippen MR) is 402 cm³/mol. The maximum atomic E-state index is 12.2. The molecule has 48 heteroatoms. The molecule has 16 aliphatic rings. The van der Waals surface area contributed by atoms with E-state index in [0.29, 0.717) is 0 Å². The number of carbonyl (C=O) groups is 12. The number of rotatable bonds is 36. The zero-order valence-corrected chi connectivity index (χ0v) is 88.8. The normalized spacial score (nSPS) is 10.3. The van der Waals surface area contributed by atoms with Crippen molar-refractivity contribution in [2.75, 3.05) is 79.3 Å². The molecule has 0 saturated heterocycles. The molecule has 6 aromatic carbocycles. The Labute approximate surface area is 912 Å². The average Bonchev–Trinajstić information content (AvgIpc) is 0.789. The number of aliphatic carboxylic acids is 12. The molecule has 0 saturated carbocycles. The number of benzene rings is 6. The van der Waals surface area contributed by atoms with Gasteiger partial charge >= 0.3 is 71.6 Å². The fraction of sp³-hybridized carbons (Fsp3) is 0.273. The van der Waals surface area contributed by atoms with Crippen LogP contribution >= 0.6 is 0 Å². The van der Waals surface area contributed by atoms with E-state index in [4.69, 9.17) is 56.8 Å². The first kappa shape index (κ1) is 123. The average molecular weight is 1710 g/mol. The summed E-state index contributed by atoms with van der Waals surface area (Å²) in [6.07, 6.45) is -3.38. The van der Waals surface area contributed by atoms with E-state index in [1.165, 1.54) is 0 Å². The summed E-state index contributed by atoms with van der Waals surface area (Å²) >= 11 is 0. The molecule has 22 rings (SSSR count). The zero-order valence-electron chi connectivity index (χ0n) is 64.8. The van der Waals surface area contributed by atoms with Crippen LogP contribution in [0.4, 0.5) is 0 Å². The molecule has 0 heterocycles. The van der Waals surface area contributed by atoms with Crippen molar-refractivity contribution in [1.29, 1.82) is 0 Å². The second kappa shape index (κ2) is 61.8. The summed E-state index contributed by atoms with van der Waals surface area (Å²) in [7, 11) is 0. The smallest absolute Gasteiger partial charge is 0.341 e. The first-order valence-electron chi connectivity index (χ1n) is 29.5. The number of carboxylic acids is 12. The first-order chi connectivity index (χ1) is 48.4. The minimum absolute atomic E-state index is 0. The van der Waals surface area contributed by atoms with Gasteiger partial charge in [-0.25, -0.2) is 57.5 Å². The third kappa shape index (κ3) is 41.6. The van der Waals surface area contributed by atoms with Gasteiger partial charge in [0.1, 0.15) is 69.0 Å². The summed E-state index contributed by atoms with van der Waals surface area (Å²) in [4.78, 5) is 147. The van der Waals surface area contributed by atoms with Crippen LogP contribution in [0.1, 0.15) is 66.8 Å². The Hall–Kier alpha value is -1.44. The third-order valence-corrected chi connectivity index (χ3v) is 14.0. The molecule has 6 aromatic rings. The van der Waals surface area contributed by atoms with Crippen molar-refractivity contribution in [3.05, 3.63) is 140 Å². The van der Waals surface area contributed by atoms with E-state index < -0.39 is 189 Å². The van der Waals surface area contributed by atoms with Gasteiger partial charge in [0.25, 0.3) is 0 Å². The molecule has 0 fully saturated rings. The van der Waals surface area contributed by atoms with Gasteiger partial charge in [0.2, 0.25) is 0 Å². The molecule has 12 N–H and O–H groups in total. The van der Waals surface area contributed by atoms with E-state index in [-0.39, 0.29) is 490 Å². The fourth-order valence-electron chi connectivity index (χ4n) is 10.0. The van der Waals surface area contributed by atoms with Crippen LogP contribution < -0.4 is 56.8 Å². The van der Waals surface area contributed by atoms with Crippen molar-refractivity contribution >= 4 is 426 Å². The van der Waals surface area contributed by atoms with Crippen LogP contribution in [0.2, 0.25) is 0 Å². The van der Waals surface area contributed by atoms with Gasteiger partial charge in [-0.2, -0.15) is 0 Å². The molecule has 12 bridgehead atoms. The quantitative estimate of drug-likeness (QED) is 0.0200. The van der Waals surface area contributed by atoms with E-state index in [2.05, 4.69) is 0 Å². The predicted octanol–water partition coefficient (Wildman–Crippen LogP) is -1.46. The second-order valence-corrected chi connectivity index (χ2v) is 21.7. The first-order valence-corrected chi connectivity index (χ1v) is 29.5. The zero-order chi connectivity index (χ0) is 74.5. The molecule has 0 aliphatic heterocycles. The van der Waals surface area contributed by atoms with Gasteiger partial charge in [-0.15, -0.1) is 0 Å². The maximum absolute atomic E-state index is 12.2. The Morgan fingerprint density at radius 3 is 0.272 bits per heavy atom. The van der Waals surface area contributed by atoms with Crippen LogP contribution in [0.15, 0.2) is 72.8 Å². The number of hydrogen-bond acceptors (Lipinski definition) is 24. The standard InChI is InChI=1S/C66H60O36.12Na/c67-55(68)19-91-43-9-33-2-35-11-49(97-25-61(79)80)37(13-47(35)95-23-59(75)76)4-39-15-53(101-29-65(87)88)41(17-51(39)99-27-63(83)84)6-42-18-52(100-28-64(85)86)40(16-54(42)102-30-66(89)90)5-38-14-48(96-24-60(77)78)36(12-50(38)98-26-62(81)82)3-34-10-44(92-20-56(69)70)32(8-46(34)94-22-58(73)74)1-31(43)7-45(33)93-21-57(71)72;;;;;;;;;;;;/h7-18H,1-6,19-30H2,(H,67,68)(H,69,70)(H,71,72)(H,73,74)(H,75,76)(H,77,78)(H,79,80)(H,81,82)(H,83,84)(H,85,86)(H,87,88)(H,89,90);;;;;;;;;;;;. The molecule has 0 spiro atoms. The Balaban J connectivity index is -0.00000243. The van der Waals surface area contributed by atoms with Gasteiger partial charge in [-0.05, 0) is 72.8 Å². The van der Waals surface area contributed by atoms with E-state index in [0.717, 1.165) is 72.8 Å². The monoisotopic (exact) mass is 1700 g/mol. The molecule has 0 amide bonds. The van der Waals surface area contributed by atoms with Crippen LogP contribution in [0, 0.1) is 0 Å². The molecule has 0 unspecified atom stereocenters. The van der Waals surface area contributed by atoms with Crippen LogP contribution in [-0.4, -0.2) is 567 Å². The van der Waals surface area contributed by atoms with Crippen molar-refractivity contribution in [3.8, 4) is 69.0 Å². The molecule has 36 nitrogen and oxygen atoms in total. The molecule has 114 heavy (non-hydrogen) atoms. The van der Waals surface area contributed by atoms with E-state index in [9.17, 15) is 119 Å². The Bertz CT molecular complexity index is 3360. The molecule has 0 atom stereocenters. The van der Waals surface area contributed by atoms with Gasteiger partial charge in [-0.1, -0.05) is 0 Å². The number of hydrogen-bond donors (Lipinski definition) is 12. The summed E-state index contributed by atoms with van der Waals surface area (Å²) in [6, 6.07) is 13.9.